The fourth-order valence-electron chi connectivity index (χ4n) is 2.92. The van der Waals surface area contributed by atoms with E-state index in [1.165, 1.54) is 24.3 Å². The average Bonchev–Trinajstić information content (AvgIpc) is 2.86. The average molecular weight is 423 g/mol. The molecule has 0 aromatic heterocycles. The zero-order chi connectivity index (χ0) is 20.5. The Labute approximate surface area is 168 Å². The summed E-state index contributed by atoms with van der Waals surface area (Å²) in [5.74, 6) is 0.153. The highest BCUT2D eigenvalue weighted by atomic mass is 35.5. The van der Waals surface area contributed by atoms with Crippen molar-refractivity contribution in [1.29, 1.82) is 0 Å². The predicted molar refractivity (Wildman–Crippen MR) is 104 cm³/mol. The van der Waals surface area contributed by atoms with Gasteiger partial charge in [-0.05, 0) is 48.9 Å². The first kappa shape index (κ1) is 20.2. The molecule has 0 radical (unpaired) electrons. The Kier molecular flexibility index (Phi) is 5.36. The second-order valence-electron chi connectivity index (χ2n) is 6.61. The molecule has 3 amide bonds. The molecule has 0 spiro atoms. The Balaban J connectivity index is 1.70. The fourth-order valence-corrected chi connectivity index (χ4v) is 3.67. The van der Waals surface area contributed by atoms with E-state index >= 15 is 0 Å². The molecule has 1 heterocycles. The van der Waals surface area contributed by atoms with Gasteiger partial charge in [0.05, 0.1) is 11.4 Å². The number of halogens is 1. The van der Waals surface area contributed by atoms with Gasteiger partial charge in [0.25, 0.3) is 5.91 Å². The minimum Gasteiger partial charge on any atom is -0.492 e. The van der Waals surface area contributed by atoms with Gasteiger partial charge in [-0.25, -0.2) is 13.2 Å². The Bertz CT molecular complexity index is 1010. The summed E-state index contributed by atoms with van der Waals surface area (Å²) >= 11 is 5.82. The standard InChI is InChI=1S/C19H19ClN2O5S/c1-19(13-3-9-16(10-4-13)28(2,25)26)17(23)22(18(24)21-19)11-12-27-15-7-5-14(20)6-8-15/h3-10H,11-12H2,1-2H3,(H,21,24)/t19-/m1/s1. The van der Waals surface area contributed by atoms with E-state index in [9.17, 15) is 18.0 Å². The van der Waals surface area contributed by atoms with Crippen LogP contribution in [0.4, 0.5) is 4.79 Å². The summed E-state index contributed by atoms with van der Waals surface area (Å²) in [5, 5.41) is 3.26. The number of sulfone groups is 1. The summed E-state index contributed by atoms with van der Waals surface area (Å²) < 4.78 is 28.8. The van der Waals surface area contributed by atoms with Crippen molar-refractivity contribution in [2.24, 2.45) is 0 Å². The monoisotopic (exact) mass is 422 g/mol. The summed E-state index contributed by atoms with van der Waals surface area (Å²) in [6.45, 7) is 1.79. The van der Waals surface area contributed by atoms with Gasteiger partial charge in [0.1, 0.15) is 17.9 Å². The molecular formula is C19H19ClN2O5S. The van der Waals surface area contributed by atoms with Crippen molar-refractivity contribution in [2.75, 3.05) is 19.4 Å². The number of nitrogens with one attached hydrogen (secondary N) is 1. The van der Waals surface area contributed by atoms with E-state index in [-0.39, 0.29) is 18.0 Å². The van der Waals surface area contributed by atoms with E-state index in [0.29, 0.717) is 16.3 Å². The van der Waals surface area contributed by atoms with Crippen molar-refractivity contribution in [3.8, 4) is 5.75 Å². The lowest BCUT2D eigenvalue weighted by atomic mass is 9.92. The van der Waals surface area contributed by atoms with Crippen LogP contribution in [0.3, 0.4) is 0 Å². The second kappa shape index (κ2) is 7.44. The molecule has 1 saturated heterocycles. The number of urea groups is 1. The fraction of sp³-hybridized carbons (Fsp3) is 0.263. The SMILES string of the molecule is C[C@]1(c2ccc(S(C)(=O)=O)cc2)NC(=O)N(CCOc2ccc(Cl)cc2)C1=O. The van der Waals surface area contributed by atoms with E-state index < -0.39 is 27.3 Å². The Morgan fingerprint density at radius 2 is 1.68 bits per heavy atom. The smallest absolute Gasteiger partial charge is 0.325 e. The highest BCUT2D eigenvalue weighted by Gasteiger charge is 2.48. The first-order valence-corrected chi connectivity index (χ1v) is 10.7. The van der Waals surface area contributed by atoms with Crippen molar-refractivity contribution < 1.29 is 22.7 Å². The zero-order valence-corrected chi connectivity index (χ0v) is 16.9. The molecule has 1 aliphatic heterocycles. The molecule has 0 saturated carbocycles. The van der Waals surface area contributed by atoms with E-state index in [1.807, 2.05) is 0 Å². The van der Waals surface area contributed by atoms with E-state index in [2.05, 4.69) is 5.32 Å². The second-order valence-corrected chi connectivity index (χ2v) is 9.06. The van der Waals surface area contributed by atoms with Crippen LogP contribution in [0.25, 0.3) is 0 Å². The maximum absolute atomic E-state index is 12.9. The molecular weight excluding hydrogens is 404 g/mol. The van der Waals surface area contributed by atoms with Gasteiger partial charge in [-0.3, -0.25) is 9.69 Å². The highest BCUT2D eigenvalue weighted by Crippen LogP contribution is 2.29. The van der Waals surface area contributed by atoms with Crippen LogP contribution in [0.5, 0.6) is 5.75 Å². The summed E-state index contributed by atoms with van der Waals surface area (Å²) in [7, 11) is -3.35. The first-order chi connectivity index (χ1) is 13.1. The summed E-state index contributed by atoms with van der Waals surface area (Å²) in [6.07, 6.45) is 1.11. The maximum Gasteiger partial charge on any atom is 0.325 e. The Morgan fingerprint density at radius 3 is 2.25 bits per heavy atom. The topological polar surface area (TPSA) is 92.8 Å². The summed E-state index contributed by atoms with van der Waals surface area (Å²) in [5.41, 5.74) is -0.771. The van der Waals surface area contributed by atoms with Gasteiger partial charge >= 0.3 is 6.03 Å². The van der Waals surface area contributed by atoms with Crippen LogP contribution in [0.2, 0.25) is 5.02 Å². The number of rotatable bonds is 6. The Morgan fingerprint density at radius 1 is 1.07 bits per heavy atom. The molecule has 0 unspecified atom stereocenters. The van der Waals surface area contributed by atoms with Crippen molar-refractivity contribution in [3.05, 3.63) is 59.1 Å². The summed E-state index contributed by atoms with van der Waals surface area (Å²) in [4.78, 5) is 26.4. The molecule has 2 aromatic carbocycles. The molecule has 28 heavy (non-hydrogen) atoms. The summed E-state index contributed by atoms with van der Waals surface area (Å²) in [6, 6.07) is 12.1. The van der Waals surface area contributed by atoms with Crippen LogP contribution in [0, 0.1) is 0 Å². The van der Waals surface area contributed by atoms with Gasteiger partial charge in [-0.2, -0.15) is 0 Å². The van der Waals surface area contributed by atoms with Gasteiger partial charge in [-0.1, -0.05) is 23.7 Å². The quantitative estimate of drug-likeness (QED) is 0.722. The highest BCUT2D eigenvalue weighted by molar-refractivity contribution is 7.90. The molecule has 9 heteroatoms. The first-order valence-electron chi connectivity index (χ1n) is 8.44. The van der Waals surface area contributed by atoms with E-state index in [0.717, 1.165) is 11.2 Å². The lowest BCUT2D eigenvalue weighted by molar-refractivity contribution is -0.131. The number of imide groups is 1. The van der Waals surface area contributed by atoms with E-state index in [4.69, 9.17) is 16.3 Å². The number of carbonyl (C=O) groups excluding carboxylic acids is 2. The van der Waals surface area contributed by atoms with Gasteiger partial charge in [0.15, 0.2) is 9.84 Å². The van der Waals surface area contributed by atoms with Gasteiger partial charge in [-0.15, -0.1) is 0 Å². The van der Waals surface area contributed by atoms with Crippen LogP contribution in [-0.4, -0.2) is 44.7 Å². The van der Waals surface area contributed by atoms with Crippen LogP contribution in [-0.2, 0) is 20.2 Å². The molecule has 148 valence electrons. The van der Waals surface area contributed by atoms with E-state index in [1.54, 1.807) is 31.2 Å². The molecule has 0 bridgehead atoms. The number of hydrogen-bond acceptors (Lipinski definition) is 5. The molecule has 1 atom stereocenters. The molecule has 2 aromatic rings. The third-order valence-corrected chi connectivity index (χ3v) is 5.91. The van der Waals surface area contributed by atoms with Crippen molar-refractivity contribution in [1.82, 2.24) is 10.2 Å². The van der Waals surface area contributed by atoms with Crippen LogP contribution >= 0.6 is 11.6 Å². The maximum atomic E-state index is 12.9. The number of benzene rings is 2. The van der Waals surface area contributed by atoms with Crippen LogP contribution in [0.15, 0.2) is 53.4 Å². The third-order valence-electron chi connectivity index (χ3n) is 4.53. The number of amides is 3. The molecule has 1 N–H and O–H groups in total. The van der Waals surface area contributed by atoms with Gasteiger partial charge < -0.3 is 10.1 Å². The Hall–Kier alpha value is -2.58. The third kappa shape index (κ3) is 3.98. The van der Waals surface area contributed by atoms with Crippen molar-refractivity contribution in [3.63, 3.8) is 0 Å². The predicted octanol–water partition coefficient (Wildman–Crippen LogP) is 2.59. The number of hydrogen-bond donors (Lipinski definition) is 1. The van der Waals surface area contributed by atoms with Crippen LogP contribution in [0.1, 0.15) is 12.5 Å². The number of carbonyl (C=O) groups is 2. The van der Waals surface area contributed by atoms with Gasteiger partial charge in [0.2, 0.25) is 0 Å². The lowest BCUT2D eigenvalue weighted by Gasteiger charge is -2.22. The minimum absolute atomic E-state index is 0.0737. The van der Waals surface area contributed by atoms with Gasteiger partial charge in [0, 0.05) is 11.3 Å². The largest absolute Gasteiger partial charge is 0.492 e. The molecule has 1 fully saturated rings. The van der Waals surface area contributed by atoms with Crippen LogP contribution < -0.4 is 10.1 Å². The normalized spacial score (nSPS) is 19.6. The van der Waals surface area contributed by atoms with Crippen molar-refractivity contribution in [2.45, 2.75) is 17.4 Å². The minimum atomic E-state index is -3.35. The molecule has 0 aliphatic carbocycles. The number of nitrogens with zero attached hydrogens (tertiary/aromatic N) is 1. The zero-order valence-electron chi connectivity index (χ0n) is 15.3. The number of ether oxygens (including phenoxy) is 1. The van der Waals surface area contributed by atoms with Crippen molar-refractivity contribution >= 4 is 33.4 Å². The molecule has 3 rings (SSSR count). The molecule has 7 nitrogen and oxygen atoms in total. The molecule has 1 aliphatic rings. The lowest BCUT2D eigenvalue weighted by Crippen LogP contribution is -2.41.